The zero-order valence-corrected chi connectivity index (χ0v) is 5.40. The summed E-state index contributed by atoms with van der Waals surface area (Å²) in [5.74, 6) is 0. The van der Waals surface area contributed by atoms with Crippen molar-refractivity contribution in [1.82, 2.24) is 0 Å². The van der Waals surface area contributed by atoms with Gasteiger partial charge in [0.2, 0.25) is 0 Å². The monoisotopic (exact) mass is 168 g/mol. The van der Waals surface area contributed by atoms with Crippen molar-refractivity contribution in [3.8, 4) is 0 Å². The van der Waals surface area contributed by atoms with Crippen molar-refractivity contribution >= 4 is 22.4 Å². The minimum absolute atomic E-state index is 0.338. The Morgan fingerprint density at radius 1 is 1.86 bits per heavy atom. The molecule has 0 aromatic carbocycles. The summed E-state index contributed by atoms with van der Waals surface area (Å²) in [6.07, 6.45) is -0.706. The first-order valence-electron chi connectivity index (χ1n) is 1.76. The van der Waals surface area contributed by atoms with Gasteiger partial charge in [-0.2, -0.15) is 0 Å². The fourth-order valence-corrected chi connectivity index (χ4v) is 0.234. The lowest BCUT2D eigenvalue weighted by Gasteiger charge is -1.92. The lowest BCUT2D eigenvalue weighted by molar-refractivity contribution is 0.114. The van der Waals surface area contributed by atoms with Gasteiger partial charge in [0.15, 0.2) is 16.3 Å². The second-order valence-corrected chi connectivity index (χ2v) is 1.08. The van der Waals surface area contributed by atoms with Crippen molar-refractivity contribution in [2.75, 3.05) is 6.61 Å². The lowest BCUT2D eigenvalue weighted by Crippen LogP contribution is -1.98. The van der Waals surface area contributed by atoms with Crippen molar-refractivity contribution in [3.05, 3.63) is 0 Å². The smallest absolute Gasteiger partial charge is 0.434 e. The highest BCUT2D eigenvalue weighted by Crippen LogP contribution is 1.88. The molecule has 0 heterocycles. The summed E-state index contributed by atoms with van der Waals surface area (Å²) in [6, 6.07) is 0. The molecule has 3 nitrogen and oxygen atoms in total. The van der Waals surface area contributed by atoms with Gasteiger partial charge in [0.1, 0.15) is 0 Å². The van der Waals surface area contributed by atoms with Crippen molar-refractivity contribution < 1.29 is 13.4 Å². The third kappa shape index (κ3) is 3.58. The summed E-state index contributed by atoms with van der Waals surface area (Å²) in [5.41, 5.74) is 0. The second-order valence-electron chi connectivity index (χ2n) is 0.760. The molecule has 0 saturated heterocycles. The number of carbonyl (C=O) groups excluding carboxylic acids is 1. The number of halogens is 1. The van der Waals surface area contributed by atoms with Crippen LogP contribution in [0.2, 0.25) is 0 Å². The van der Waals surface area contributed by atoms with Crippen molar-refractivity contribution in [2.24, 2.45) is 0 Å². The Morgan fingerprint density at radius 2 is 2.43 bits per heavy atom. The van der Waals surface area contributed by atoms with E-state index in [0.29, 0.717) is 6.61 Å². The first-order chi connectivity index (χ1) is 3.31. The molecule has 0 aromatic rings. The van der Waals surface area contributed by atoms with E-state index in [9.17, 15) is 4.79 Å². The maximum atomic E-state index is 9.92. The van der Waals surface area contributed by atoms with Gasteiger partial charge < -0.3 is 8.57 Å². The van der Waals surface area contributed by atoms with Crippen LogP contribution in [0.1, 0.15) is 6.92 Å². The largest absolute Gasteiger partial charge is 0.520 e. The highest BCUT2D eigenvalue weighted by atomic mass is 79.9. The molecule has 7 heavy (non-hydrogen) atoms. The molecule has 0 aliphatic carbocycles. The summed E-state index contributed by atoms with van der Waals surface area (Å²) < 4.78 is 8.22. The van der Waals surface area contributed by atoms with Crippen LogP contribution < -0.4 is 0 Å². The lowest BCUT2D eigenvalue weighted by atomic mass is 10.9. The molecule has 0 N–H and O–H groups in total. The molecule has 0 aromatic heterocycles. The number of ether oxygens (including phenoxy) is 1. The summed E-state index contributed by atoms with van der Waals surface area (Å²) >= 11 is 2.44. The summed E-state index contributed by atoms with van der Waals surface area (Å²) in [7, 11) is 0. The van der Waals surface area contributed by atoms with Crippen LogP contribution in [-0.4, -0.2) is 12.8 Å². The molecule has 42 valence electrons. The SMILES string of the molecule is CCOC(=O)OBr. The molecule has 0 bridgehead atoms. The van der Waals surface area contributed by atoms with Crippen LogP contribution in [0.4, 0.5) is 4.79 Å². The minimum Gasteiger partial charge on any atom is -0.434 e. The summed E-state index contributed by atoms with van der Waals surface area (Å²) in [6.45, 7) is 2.04. The van der Waals surface area contributed by atoms with Gasteiger partial charge in [-0.05, 0) is 6.92 Å². The Hall–Kier alpha value is -0.250. The molecule has 0 fully saturated rings. The average molecular weight is 169 g/mol. The molecule has 0 aliphatic rings. The van der Waals surface area contributed by atoms with E-state index in [1.807, 2.05) is 0 Å². The van der Waals surface area contributed by atoms with Gasteiger partial charge >= 0.3 is 6.16 Å². The molecular weight excluding hydrogens is 164 g/mol. The van der Waals surface area contributed by atoms with Gasteiger partial charge in [-0.15, -0.1) is 0 Å². The Labute approximate surface area is 50.1 Å². The van der Waals surface area contributed by atoms with E-state index < -0.39 is 6.16 Å². The number of rotatable bonds is 1. The van der Waals surface area contributed by atoms with E-state index in [1.54, 1.807) is 6.92 Å². The third-order valence-corrected chi connectivity index (χ3v) is 0.590. The van der Waals surface area contributed by atoms with Gasteiger partial charge in [0, 0.05) is 0 Å². The second kappa shape index (κ2) is 3.92. The zero-order chi connectivity index (χ0) is 5.70. The van der Waals surface area contributed by atoms with Gasteiger partial charge in [-0.3, -0.25) is 0 Å². The zero-order valence-electron chi connectivity index (χ0n) is 3.81. The molecule has 0 atom stereocenters. The van der Waals surface area contributed by atoms with E-state index in [2.05, 4.69) is 24.8 Å². The average Bonchev–Trinajstić information content (AvgIpc) is 1.68. The summed E-state index contributed by atoms with van der Waals surface area (Å²) in [5, 5.41) is 0. The van der Waals surface area contributed by atoms with Crippen LogP contribution in [0, 0.1) is 0 Å². The maximum Gasteiger partial charge on any atom is 0.520 e. The first-order valence-corrected chi connectivity index (χ1v) is 2.41. The molecule has 0 saturated carbocycles. The molecule has 0 amide bonds. The van der Waals surface area contributed by atoms with Gasteiger partial charge in [0.25, 0.3) is 0 Å². The van der Waals surface area contributed by atoms with E-state index in [-0.39, 0.29) is 0 Å². The minimum atomic E-state index is -0.706. The van der Waals surface area contributed by atoms with Crippen molar-refractivity contribution in [3.63, 3.8) is 0 Å². The van der Waals surface area contributed by atoms with Crippen LogP contribution in [-0.2, 0) is 8.57 Å². The van der Waals surface area contributed by atoms with Crippen molar-refractivity contribution in [2.45, 2.75) is 6.92 Å². The number of hydrogen-bond acceptors (Lipinski definition) is 3. The topological polar surface area (TPSA) is 35.5 Å². The Morgan fingerprint density at radius 3 is 2.57 bits per heavy atom. The number of hydrogen-bond donors (Lipinski definition) is 0. The van der Waals surface area contributed by atoms with Crippen LogP contribution >= 0.6 is 16.3 Å². The van der Waals surface area contributed by atoms with Gasteiger partial charge in [0.05, 0.1) is 6.61 Å². The van der Waals surface area contributed by atoms with E-state index in [1.165, 1.54) is 0 Å². The van der Waals surface area contributed by atoms with Gasteiger partial charge in [-0.25, -0.2) is 4.79 Å². The van der Waals surface area contributed by atoms with E-state index >= 15 is 0 Å². The Kier molecular flexibility index (Phi) is 3.78. The third-order valence-electron chi connectivity index (χ3n) is 0.325. The van der Waals surface area contributed by atoms with E-state index in [0.717, 1.165) is 0 Å². The molecule has 4 heteroatoms. The molecule has 0 unspecified atom stereocenters. The molecule has 0 spiro atoms. The first kappa shape index (κ1) is 6.75. The quantitative estimate of drug-likeness (QED) is 0.557. The van der Waals surface area contributed by atoms with Crippen molar-refractivity contribution in [1.29, 1.82) is 0 Å². The Balaban J connectivity index is 3.00. The van der Waals surface area contributed by atoms with Crippen LogP contribution in [0.15, 0.2) is 0 Å². The summed E-state index contributed by atoms with van der Waals surface area (Å²) in [4.78, 5) is 9.92. The normalized spacial score (nSPS) is 7.71. The van der Waals surface area contributed by atoms with Gasteiger partial charge in [-0.1, -0.05) is 0 Å². The molecule has 0 radical (unpaired) electrons. The predicted molar refractivity (Wildman–Crippen MR) is 27.0 cm³/mol. The van der Waals surface area contributed by atoms with Crippen LogP contribution in [0.25, 0.3) is 0 Å². The van der Waals surface area contributed by atoms with Crippen LogP contribution in [0.3, 0.4) is 0 Å². The highest BCUT2D eigenvalue weighted by Gasteiger charge is 1.95. The highest BCUT2D eigenvalue weighted by molar-refractivity contribution is 9.06. The van der Waals surface area contributed by atoms with Crippen LogP contribution in [0.5, 0.6) is 0 Å². The fraction of sp³-hybridized carbons (Fsp3) is 0.667. The number of carbonyl (C=O) groups is 1. The Bertz CT molecular complexity index is 63.2. The maximum absolute atomic E-state index is 9.92. The molecule has 0 aliphatic heterocycles. The fourth-order valence-electron chi connectivity index (χ4n) is 0.140. The predicted octanol–water partition coefficient (Wildman–Crippen LogP) is 1.47. The molecule has 0 rings (SSSR count). The molecular formula is C3H5BrO3. The standard InChI is InChI=1S/C3H5BrO3/c1-2-6-3(5)7-4/h2H2,1H3. The van der Waals surface area contributed by atoms with E-state index in [4.69, 9.17) is 0 Å².